The summed E-state index contributed by atoms with van der Waals surface area (Å²) >= 11 is 6.27. The maximum absolute atomic E-state index is 11.4. The smallest absolute Gasteiger partial charge is 0.330 e. The summed E-state index contributed by atoms with van der Waals surface area (Å²) in [6, 6.07) is 1.89. The summed E-state index contributed by atoms with van der Waals surface area (Å²) in [5, 5.41) is 5.74. The monoisotopic (exact) mass is 379 g/mol. The van der Waals surface area contributed by atoms with E-state index in [0.717, 1.165) is 36.7 Å². The minimum absolute atomic E-state index is 0.295. The Morgan fingerprint density at radius 1 is 1.38 bits per heavy atom. The SMILES string of the molecule is CCC(CCC(C)Cn1nc(C=CC(=O)OC)c2c(Cl)nccc21)OC. The molecule has 0 aliphatic rings. The van der Waals surface area contributed by atoms with Crippen molar-refractivity contribution in [1.82, 2.24) is 14.8 Å². The first-order chi connectivity index (χ1) is 12.5. The number of nitrogens with zero attached hydrogens (tertiary/aromatic N) is 3. The standard InChI is InChI=1S/C19H26ClN3O3/c1-5-14(25-3)7-6-13(2)12-23-16-10-11-21-19(20)18(16)15(22-23)8-9-17(24)26-4/h8-11,13-14H,5-7,12H2,1-4H3. The third kappa shape index (κ3) is 5.05. The lowest BCUT2D eigenvalue weighted by Gasteiger charge is -2.17. The topological polar surface area (TPSA) is 66.2 Å². The number of rotatable bonds is 9. The van der Waals surface area contributed by atoms with E-state index in [1.54, 1.807) is 19.4 Å². The average Bonchev–Trinajstić information content (AvgIpc) is 2.99. The van der Waals surface area contributed by atoms with E-state index in [0.29, 0.717) is 22.9 Å². The number of pyridine rings is 1. The van der Waals surface area contributed by atoms with Gasteiger partial charge in [0.1, 0.15) is 5.15 Å². The zero-order chi connectivity index (χ0) is 19.1. The molecule has 6 nitrogen and oxygen atoms in total. The summed E-state index contributed by atoms with van der Waals surface area (Å²) in [5.74, 6) is -0.0158. The highest BCUT2D eigenvalue weighted by Crippen LogP contribution is 2.27. The van der Waals surface area contributed by atoms with Crippen LogP contribution in [-0.4, -0.2) is 41.1 Å². The second-order valence-electron chi connectivity index (χ2n) is 6.37. The molecule has 0 radical (unpaired) electrons. The molecule has 0 saturated carbocycles. The van der Waals surface area contributed by atoms with Crippen molar-refractivity contribution in [3.8, 4) is 0 Å². The van der Waals surface area contributed by atoms with Gasteiger partial charge in [-0.15, -0.1) is 0 Å². The fraction of sp³-hybridized carbons (Fsp3) is 0.526. The van der Waals surface area contributed by atoms with Crippen molar-refractivity contribution in [2.24, 2.45) is 5.92 Å². The Hall–Kier alpha value is -1.92. The van der Waals surface area contributed by atoms with Crippen LogP contribution in [-0.2, 0) is 20.8 Å². The summed E-state index contributed by atoms with van der Waals surface area (Å²) in [6.07, 6.45) is 7.98. The predicted octanol–water partition coefficient (Wildman–Crippen LogP) is 4.11. The van der Waals surface area contributed by atoms with Crippen molar-refractivity contribution in [3.05, 3.63) is 29.2 Å². The Bertz CT molecular complexity index is 769. The number of halogens is 1. The molecule has 2 unspecified atom stereocenters. The van der Waals surface area contributed by atoms with Crippen LogP contribution >= 0.6 is 11.6 Å². The third-order valence-electron chi connectivity index (χ3n) is 4.48. The second-order valence-corrected chi connectivity index (χ2v) is 6.73. The highest BCUT2D eigenvalue weighted by atomic mass is 35.5. The van der Waals surface area contributed by atoms with Crippen LogP contribution in [0.2, 0.25) is 5.15 Å². The summed E-state index contributed by atoms with van der Waals surface area (Å²) in [5.41, 5.74) is 1.51. The number of hydrogen-bond acceptors (Lipinski definition) is 5. The van der Waals surface area contributed by atoms with E-state index in [2.05, 4.69) is 28.7 Å². The van der Waals surface area contributed by atoms with Crippen LogP contribution in [0.1, 0.15) is 38.8 Å². The molecule has 0 aliphatic carbocycles. The predicted molar refractivity (Wildman–Crippen MR) is 103 cm³/mol. The molecule has 2 rings (SSSR count). The first kappa shape index (κ1) is 20.4. The van der Waals surface area contributed by atoms with Crippen LogP contribution < -0.4 is 0 Å². The quantitative estimate of drug-likeness (QED) is 0.372. The van der Waals surface area contributed by atoms with Crippen molar-refractivity contribution in [2.45, 2.75) is 45.8 Å². The number of fused-ring (bicyclic) bond motifs is 1. The lowest BCUT2D eigenvalue weighted by Crippen LogP contribution is -2.14. The number of esters is 1. The highest BCUT2D eigenvalue weighted by molar-refractivity contribution is 6.34. The van der Waals surface area contributed by atoms with Gasteiger partial charge in [-0.25, -0.2) is 9.78 Å². The van der Waals surface area contributed by atoms with Gasteiger partial charge in [0.2, 0.25) is 0 Å². The lowest BCUT2D eigenvalue weighted by atomic mass is 10.0. The highest BCUT2D eigenvalue weighted by Gasteiger charge is 2.16. The normalized spacial score (nSPS) is 14.0. The fourth-order valence-corrected chi connectivity index (χ4v) is 3.18. The van der Waals surface area contributed by atoms with Gasteiger partial charge in [0.05, 0.1) is 29.8 Å². The van der Waals surface area contributed by atoms with Crippen LogP contribution in [0.25, 0.3) is 17.0 Å². The van der Waals surface area contributed by atoms with Gasteiger partial charge in [-0.1, -0.05) is 25.4 Å². The maximum Gasteiger partial charge on any atom is 0.330 e. The van der Waals surface area contributed by atoms with E-state index in [-0.39, 0.29) is 0 Å². The van der Waals surface area contributed by atoms with Crippen molar-refractivity contribution in [3.63, 3.8) is 0 Å². The first-order valence-corrected chi connectivity index (χ1v) is 9.17. The third-order valence-corrected chi connectivity index (χ3v) is 4.77. The number of aromatic nitrogens is 3. The molecule has 0 aromatic carbocycles. The maximum atomic E-state index is 11.4. The molecule has 2 heterocycles. The second kappa shape index (κ2) is 9.69. The summed E-state index contributed by atoms with van der Waals surface area (Å²) in [4.78, 5) is 15.5. The molecule has 142 valence electrons. The molecule has 0 fully saturated rings. The zero-order valence-electron chi connectivity index (χ0n) is 15.7. The Labute approximate surface area is 159 Å². The largest absolute Gasteiger partial charge is 0.466 e. The summed E-state index contributed by atoms with van der Waals surface area (Å²) in [7, 11) is 3.10. The van der Waals surface area contributed by atoms with Crippen LogP contribution in [0.15, 0.2) is 18.3 Å². The molecule has 0 aliphatic heterocycles. The molecular weight excluding hydrogens is 354 g/mol. The number of ether oxygens (including phenoxy) is 2. The van der Waals surface area contributed by atoms with Gasteiger partial charge in [0.15, 0.2) is 0 Å². The van der Waals surface area contributed by atoms with Crippen molar-refractivity contribution in [1.29, 1.82) is 0 Å². The number of methoxy groups -OCH3 is 2. The molecule has 2 aromatic heterocycles. The molecule has 0 saturated heterocycles. The molecule has 2 atom stereocenters. The van der Waals surface area contributed by atoms with E-state index in [9.17, 15) is 4.79 Å². The number of carbonyl (C=O) groups excluding carboxylic acids is 1. The summed E-state index contributed by atoms with van der Waals surface area (Å²) < 4.78 is 12.0. The molecule has 2 aromatic rings. The molecule has 0 N–H and O–H groups in total. The van der Waals surface area contributed by atoms with Gasteiger partial charge in [-0.3, -0.25) is 4.68 Å². The molecule has 7 heteroatoms. The minimum atomic E-state index is -0.439. The van der Waals surface area contributed by atoms with Gasteiger partial charge < -0.3 is 9.47 Å². The van der Waals surface area contributed by atoms with E-state index in [1.165, 1.54) is 13.2 Å². The van der Waals surface area contributed by atoms with Crippen LogP contribution in [0.5, 0.6) is 0 Å². The van der Waals surface area contributed by atoms with E-state index in [4.69, 9.17) is 16.3 Å². The average molecular weight is 380 g/mol. The van der Waals surface area contributed by atoms with E-state index < -0.39 is 5.97 Å². The number of hydrogen-bond donors (Lipinski definition) is 0. The fourth-order valence-electron chi connectivity index (χ4n) is 2.93. The Balaban J connectivity index is 2.23. The molecule has 0 spiro atoms. The van der Waals surface area contributed by atoms with Crippen LogP contribution in [0, 0.1) is 5.92 Å². The van der Waals surface area contributed by atoms with Crippen LogP contribution in [0.4, 0.5) is 0 Å². The van der Waals surface area contributed by atoms with Gasteiger partial charge in [0, 0.05) is 25.9 Å². The Morgan fingerprint density at radius 2 is 2.15 bits per heavy atom. The van der Waals surface area contributed by atoms with Crippen LogP contribution in [0.3, 0.4) is 0 Å². The van der Waals surface area contributed by atoms with Crippen molar-refractivity contribution >= 4 is 34.5 Å². The van der Waals surface area contributed by atoms with Crippen molar-refractivity contribution in [2.75, 3.05) is 14.2 Å². The molecule has 26 heavy (non-hydrogen) atoms. The van der Waals surface area contributed by atoms with Gasteiger partial charge in [-0.2, -0.15) is 5.10 Å². The van der Waals surface area contributed by atoms with E-state index in [1.807, 2.05) is 10.7 Å². The van der Waals surface area contributed by atoms with Gasteiger partial charge in [-0.05, 0) is 37.3 Å². The lowest BCUT2D eigenvalue weighted by molar-refractivity contribution is -0.134. The minimum Gasteiger partial charge on any atom is -0.466 e. The molecular formula is C19H26ClN3O3. The zero-order valence-corrected chi connectivity index (χ0v) is 16.5. The Morgan fingerprint density at radius 3 is 2.81 bits per heavy atom. The molecule has 0 bridgehead atoms. The Kier molecular flexibility index (Phi) is 7.60. The van der Waals surface area contributed by atoms with Gasteiger partial charge in [0.25, 0.3) is 0 Å². The van der Waals surface area contributed by atoms with E-state index >= 15 is 0 Å². The number of carbonyl (C=O) groups is 1. The molecule has 0 amide bonds. The first-order valence-electron chi connectivity index (χ1n) is 8.79. The van der Waals surface area contributed by atoms with Gasteiger partial charge >= 0.3 is 5.97 Å². The summed E-state index contributed by atoms with van der Waals surface area (Å²) in [6.45, 7) is 5.08. The van der Waals surface area contributed by atoms with Crippen molar-refractivity contribution < 1.29 is 14.3 Å².